The quantitative estimate of drug-likeness (QED) is 0.664. The first-order valence-electron chi connectivity index (χ1n) is 9.31. The second-order valence-electron chi connectivity index (χ2n) is 7.17. The molecular weight excluding hydrogens is 332 g/mol. The summed E-state index contributed by atoms with van der Waals surface area (Å²) < 4.78 is 0. The van der Waals surface area contributed by atoms with Gasteiger partial charge >= 0.3 is 5.97 Å². The van der Waals surface area contributed by atoms with Gasteiger partial charge in [0.1, 0.15) is 6.54 Å². The van der Waals surface area contributed by atoms with E-state index in [1.54, 1.807) is 24.3 Å². The van der Waals surface area contributed by atoms with E-state index in [-0.39, 0.29) is 24.8 Å². The number of hydrogen-bond donors (Lipinski definition) is 3. The minimum absolute atomic E-state index is 0.0232. The van der Waals surface area contributed by atoms with E-state index in [4.69, 9.17) is 5.11 Å². The maximum Gasteiger partial charge on any atom is 0.322 e. The largest absolute Gasteiger partial charge is 0.480 e. The lowest BCUT2D eigenvalue weighted by Crippen LogP contribution is -2.30. The predicted octanol–water partition coefficient (Wildman–Crippen LogP) is 2.97. The highest BCUT2D eigenvalue weighted by atomic mass is 16.4. The van der Waals surface area contributed by atoms with Crippen molar-refractivity contribution in [2.45, 2.75) is 51.9 Å². The van der Waals surface area contributed by atoms with Gasteiger partial charge in [-0.25, -0.2) is 0 Å². The molecule has 1 unspecified atom stereocenters. The fraction of sp³-hybridized carbons (Fsp3) is 0.550. The molecule has 0 heterocycles. The van der Waals surface area contributed by atoms with Crippen LogP contribution < -0.4 is 10.6 Å². The van der Waals surface area contributed by atoms with E-state index < -0.39 is 5.97 Å². The molecule has 0 aromatic heterocycles. The Morgan fingerprint density at radius 3 is 2.35 bits per heavy atom. The number of aliphatic carboxylic acids is 1. The normalized spacial score (nSPS) is 15.9. The molecule has 1 aliphatic carbocycles. The summed E-state index contributed by atoms with van der Waals surface area (Å²) in [5.74, 6) is -0.340. The van der Waals surface area contributed by atoms with Crippen molar-refractivity contribution < 1.29 is 19.5 Å². The summed E-state index contributed by atoms with van der Waals surface area (Å²) in [6.45, 7) is 1.78. The van der Waals surface area contributed by atoms with Gasteiger partial charge in [-0.2, -0.15) is 0 Å². The molecular formula is C20H28N2O4. The van der Waals surface area contributed by atoms with Crippen molar-refractivity contribution in [3.63, 3.8) is 0 Å². The second-order valence-corrected chi connectivity index (χ2v) is 7.17. The molecule has 0 saturated heterocycles. The Morgan fingerprint density at radius 1 is 1.08 bits per heavy atom. The molecule has 0 bridgehead atoms. The molecule has 3 N–H and O–H groups in total. The van der Waals surface area contributed by atoms with E-state index in [0.717, 1.165) is 5.56 Å². The van der Waals surface area contributed by atoms with Gasteiger partial charge in [-0.1, -0.05) is 51.2 Å². The molecule has 0 radical (unpaired) electrons. The van der Waals surface area contributed by atoms with Gasteiger partial charge in [0.15, 0.2) is 0 Å². The van der Waals surface area contributed by atoms with Crippen molar-refractivity contribution in [3.8, 4) is 0 Å². The van der Waals surface area contributed by atoms with Crippen LogP contribution in [0.1, 0.15) is 51.0 Å². The third-order valence-corrected chi connectivity index (χ3v) is 5.00. The van der Waals surface area contributed by atoms with Gasteiger partial charge < -0.3 is 15.7 Å². The van der Waals surface area contributed by atoms with Crippen LogP contribution in [-0.4, -0.2) is 29.4 Å². The standard InChI is InChI=1S/C20H28N2O4/c1-14(16-5-3-2-4-6-16)11-19(24)22-17-9-7-15(8-10-17)12-18(23)21-13-20(25)26/h7-10,14,16H,2-6,11-13H2,1H3,(H,21,23)(H,22,24)(H,25,26). The topological polar surface area (TPSA) is 95.5 Å². The van der Waals surface area contributed by atoms with Gasteiger partial charge in [0.25, 0.3) is 0 Å². The molecule has 1 aromatic carbocycles. The highest BCUT2D eigenvalue weighted by Gasteiger charge is 2.22. The zero-order valence-corrected chi connectivity index (χ0v) is 15.3. The van der Waals surface area contributed by atoms with E-state index in [1.165, 1.54) is 32.1 Å². The molecule has 1 fully saturated rings. The molecule has 1 aromatic rings. The van der Waals surface area contributed by atoms with Crippen molar-refractivity contribution in [2.75, 3.05) is 11.9 Å². The number of carboxylic acid groups (broad SMARTS) is 1. The van der Waals surface area contributed by atoms with Gasteiger partial charge in [-0.3, -0.25) is 14.4 Å². The van der Waals surface area contributed by atoms with Gasteiger partial charge in [-0.05, 0) is 29.5 Å². The van der Waals surface area contributed by atoms with E-state index in [1.807, 2.05) is 0 Å². The third-order valence-electron chi connectivity index (χ3n) is 5.00. The Balaban J connectivity index is 1.77. The minimum Gasteiger partial charge on any atom is -0.480 e. The SMILES string of the molecule is CC(CC(=O)Nc1ccc(CC(=O)NCC(=O)O)cc1)C1CCCCC1. The van der Waals surface area contributed by atoms with Crippen LogP contribution in [0.4, 0.5) is 5.69 Å². The Labute approximate surface area is 154 Å². The Morgan fingerprint density at radius 2 is 1.73 bits per heavy atom. The minimum atomic E-state index is -1.07. The maximum absolute atomic E-state index is 12.2. The lowest BCUT2D eigenvalue weighted by atomic mass is 9.79. The summed E-state index contributed by atoms with van der Waals surface area (Å²) in [6.07, 6.45) is 6.97. The van der Waals surface area contributed by atoms with Crippen LogP contribution in [0.15, 0.2) is 24.3 Å². The number of anilines is 1. The number of benzene rings is 1. The molecule has 142 valence electrons. The van der Waals surface area contributed by atoms with Crippen LogP contribution in [0.25, 0.3) is 0 Å². The first-order chi connectivity index (χ1) is 12.4. The summed E-state index contributed by atoms with van der Waals surface area (Å²) in [6, 6.07) is 7.06. The molecule has 26 heavy (non-hydrogen) atoms. The molecule has 1 saturated carbocycles. The van der Waals surface area contributed by atoms with E-state index in [0.29, 0.717) is 23.9 Å². The monoisotopic (exact) mass is 360 g/mol. The van der Waals surface area contributed by atoms with Gasteiger partial charge in [0.2, 0.25) is 11.8 Å². The first kappa shape index (κ1) is 19.9. The van der Waals surface area contributed by atoms with E-state index in [9.17, 15) is 14.4 Å². The van der Waals surface area contributed by atoms with Crippen LogP contribution in [-0.2, 0) is 20.8 Å². The van der Waals surface area contributed by atoms with E-state index >= 15 is 0 Å². The molecule has 2 rings (SSSR count). The van der Waals surface area contributed by atoms with Crippen molar-refractivity contribution in [1.29, 1.82) is 0 Å². The number of rotatable bonds is 8. The molecule has 1 aliphatic rings. The highest BCUT2D eigenvalue weighted by molar-refractivity contribution is 5.91. The zero-order valence-electron chi connectivity index (χ0n) is 15.3. The number of amides is 2. The molecule has 1 atom stereocenters. The van der Waals surface area contributed by atoms with Crippen LogP contribution in [0, 0.1) is 11.8 Å². The van der Waals surface area contributed by atoms with Crippen molar-refractivity contribution in [2.24, 2.45) is 11.8 Å². The number of carbonyl (C=O) groups is 3. The van der Waals surface area contributed by atoms with Crippen LogP contribution in [0.3, 0.4) is 0 Å². The summed E-state index contributed by atoms with van der Waals surface area (Å²) in [5, 5.41) is 13.8. The third kappa shape index (κ3) is 6.86. The zero-order chi connectivity index (χ0) is 18.9. The van der Waals surface area contributed by atoms with Crippen molar-refractivity contribution in [1.82, 2.24) is 5.32 Å². The molecule has 2 amide bonds. The fourth-order valence-corrected chi connectivity index (χ4v) is 3.50. The second kappa shape index (κ2) is 9.94. The average molecular weight is 360 g/mol. The fourth-order valence-electron chi connectivity index (χ4n) is 3.50. The van der Waals surface area contributed by atoms with Gasteiger partial charge in [0.05, 0.1) is 6.42 Å². The smallest absolute Gasteiger partial charge is 0.322 e. The van der Waals surface area contributed by atoms with Crippen molar-refractivity contribution in [3.05, 3.63) is 29.8 Å². The number of carboxylic acids is 1. The van der Waals surface area contributed by atoms with Gasteiger partial charge in [-0.15, -0.1) is 0 Å². The highest BCUT2D eigenvalue weighted by Crippen LogP contribution is 2.31. The Bertz CT molecular complexity index is 621. The Hall–Kier alpha value is -2.37. The lowest BCUT2D eigenvalue weighted by Gasteiger charge is -2.27. The molecule has 0 spiro atoms. The summed E-state index contributed by atoms with van der Waals surface area (Å²) >= 11 is 0. The van der Waals surface area contributed by atoms with Crippen molar-refractivity contribution >= 4 is 23.5 Å². The number of nitrogens with one attached hydrogen (secondary N) is 2. The average Bonchev–Trinajstić information content (AvgIpc) is 2.62. The predicted molar refractivity (Wildman–Crippen MR) is 99.8 cm³/mol. The van der Waals surface area contributed by atoms with Crippen LogP contribution >= 0.6 is 0 Å². The molecule has 0 aliphatic heterocycles. The summed E-state index contributed by atoms with van der Waals surface area (Å²) in [4.78, 5) is 34.3. The summed E-state index contributed by atoms with van der Waals surface area (Å²) in [7, 11) is 0. The van der Waals surface area contributed by atoms with Crippen LogP contribution in [0.5, 0.6) is 0 Å². The molecule has 6 heteroatoms. The van der Waals surface area contributed by atoms with Gasteiger partial charge in [0, 0.05) is 12.1 Å². The Kier molecular flexibility index (Phi) is 7.63. The van der Waals surface area contributed by atoms with E-state index in [2.05, 4.69) is 17.6 Å². The maximum atomic E-state index is 12.2. The summed E-state index contributed by atoms with van der Waals surface area (Å²) in [5.41, 5.74) is 1.47. The number of carbonyl (C=O) groups excluding carboxylic acids is 2. The number of hydrogen-bond acceptors (Lipinski definition) is 3. The first-order valence-corrected chi connectivity index (χ1v) is 9.31. The van der Waals surface area contributed by atoms with Crippen LogP contribution in [0.2, 0.25) is 0 Å². The molecule has 6 nitrogen and oxygen atoms in total. The lowest BCUT2D eigenvalue weighted by molar-refractivity contribution is -0.137.